The SMILES string of the molecule is CC(C)(C)c1c[nH]c2ccccc12.CC(C)c1ccc(Br)s1.CC(C)c1ccc(Cl)s1.CC(C)c1ccccn1.CC(C)c1cccs1. The predicted octanol–water partition coefficient (Wildman–Crippen LogP) is 15.7. The average Bonchev–Trinajstić information content (AvgIpc) is 3.86. The number of thiophene rings is 3. The molecular formula is C41H54BrClN2S3. The van der Waals surface area contributed by atoms with Crippen molar-refractivity contribution < 1.29 is 0 Å². The molecule has 0 spiro atoms. The smallest absolute Gasteiger partial charge is 0.0931 e. The molecule has 1 aromatic carbocycles. The molecule has 6 aromatic rings. The van der Waals surface area contributed by atoms with E-state index < -0.39 is 0 Å². The number of hydrogen-bond acceptors (Lipinski definition) is 4. The molecule has 0 atom stereocenters. The lowest BCUT2D eigenvalue weighted by molar-refractivity contribution is 0.596. The standard InChI is InChI=1S/C12H15N.C8H11N.C7H9BrS.C7H9ClS.C7H10S/c1-12(2,3)10-8-13-11-7-5-4-6-9(10)11;1-7(2)8-5-3-4-6-9-8;2*1-5(2)6-3-4-7(8)9-6;1-6(2)7-4-3-5-8-7/h4-8,13H,1-3H3;3-7H,1-2H3;2*3-5H,1-2H3;3-6H,1-2H3. The van der Waals surface area contributed by atoms with E-state index in [-0.39, 0.29) is 5.41 Å². The Morgan fingerprint density at radius 3 is 1.65 bits per heavy atom. The number of halogens is 2. The quantitative estimate of drug-likeness (QED) is 0.189. The second kappa shape index (κ2) is 21.1. The summed E-state index contributed by atoms with van der Waals surface area (Å²) in [5, 5.41) is 3.46. The Kier molecular flexibility index (Phi) is 18.4. The zero-order chi connectivity index (χ0) is 35.9. The Balaban J connectivity index is 0.000000211. The molecule has 0 saturated heterocycles. The molecule has 0 aliphatic rings. The lowest BCUT2D eigenvalue weighted by Crippen LogP contribution is -2.09. The van der Waals surface area contributed by atoms with Crippen LogP contribution in [0.25, 0.3) is 10.9 Å². The molecule has 0 radical (unpaired) electrons. The van der Waals surface area contributed by atoms with Gasteiger partial charge in [-0.05, 0) is 104 Å². The Morgan fingerprint density at radius 1 is 0.667 bits per heavy atom. The van der Waals surface area contributed by atoms with Gasteiger partial charge in [0.25, 0.3) is 0 Å². The topological polar surface area (TPSA) is 28.7 Å². The minimum atomic E-state index is 0.222. The molecule has 0 aliphatic carbocycles. The summed E-state index contributed by atoms with van der Waals surface area (Å²) in [4.78, 5) is 11.8. The maximum atomic E-state index is 5.72. The predicted molar refractivity (Wildman–Crippen MR) is 223 cm³/mol. The van der Waals surface area contributed by atoms with Crippen molar-refractivity contribution in [2.45, 2.75) is 105 Å². The Bertz CT molecular complexity index is 1640. The number of aromatic nitrogens is 2. The zero-order valence-corrected chi connectivity index (χ0v) is 35.3. The highest BCUT2D eigenvalue weighted by atomic mass is 79.9. The van der Waals surface area contributed by atoms with Crippen LogP contribution in [0.4, 0.5) is 0 Å². The molecule has 1 N–H and O–H groups in total. The van der Waals surface area contributed by atoms with Gasteiger partial charge < -0.3 is 4.98 Å². The molecule has 0 amide bonds. The van der Waals surface area contributed by atoms with E-state index >= 15 is 0 Å². The fourth-order valence-corrected chi connectivity index (χ4v) is 7.54. The summed E-state index contributed by atoms with van der Waals surface area (Å²) in [6.45, 7) is 24.2. The van der Waals surface area contributed by atoms with Gasteiger partial charge in [-0.25, -0.2) is 0 Å². The normalized spacial score (nSPS) is 10.9. The number of nitrogens with zero attached hydrogens (tertiary/aromatic N) is 1. The molecule has 0 saturated carbocycles. The highest BCUT2D eigenvalue weighted by molar-refractivity contribution is 9.11. The first kappa shape index (κ1) is 41.9. The van der Waals surface area contributed by atoms with Crippen molar-refractivity contribution in [1.82, 2.24) is 9.97 Å². The van der Waals surface area contributed by atoms with Crippen LogP contribution in [0.15, 0.2) is 100 Å². The van der Waals surface area contributed by atoms with E-state index in [1.165, 1.54) is 34.9 Å². The highest BCUT2D eigenvalue weighted by Gasteiger charge is 2.17. The summed E-state index contributed by atoms with van der Waals surface area (Å²) in [7, 11) is 0. The zero-order valence-electron chi connectivity index (χ0n) is 30.5. The third kappa shape index (κ3) is 15.1. The Labute approximate surface area is 316 Å². The van der Waals surface area contributed by atoms with Gasteiger partial charge >= 0.3 is 0 Å². The van der Waals surface area contributed by atoms with Crippen LogP contribution in [-0.2, 0) is 5.41 Å². The molecule has 6 rings (SSSR count). The van der Waals surface area contributed by atoms with Crippen LogP contribution in [0.3, 0.4) is 0 Å². The number of para-hydroxylation sites is 1. The van der Waals surface area contributed by atoms with Gasteiger partial charge in [0.1, 0.15) is 0 Å². The fourth-order valence-electron chi connectivity index (χ4n) is 4.31. The summed E-state index contributed by atoms with van der Waals surface area (Å²) in [5.74, 6) is 2.53. The number of H-pyrrole nitrogens is 1. The molecule has 2 nitrogen and oxygen atoms in total. The minimum absolute atomic E-state index is 0.222. The molecular weight excluding hydrogens is 732 g/mol. The first-order valence-electron chi connectivity index (χ1n) is 16.6. The van der Waals surface area contributed by atoms with Crippen LogP contribution >= 0.6 is 61.5 Å². The molecule has 5 heterocycles. The molecule has 0 unspecified atom stereocenters. The van der Waals surface area contributed by atoms with Crippen molar-refractivity contribution in [2.24, 2.45) is 0 Å². The summed E-state index contributed by atoms with van der Waals surface area (Å²) >= 11 is 14.4. The van der Waals surface area contributed by atoms with Crippen LogP contribution in [0.1, 0.15) is 126 Å². The van der Waals surface area contributed by atoms with Crippen LogP contribution < -0.4 is 0 Å². The van der Waals surface area contributed by atoms with Gasteiger partial charge in [0.15, 0.2) is 0 Å². The first-order valence-corrected chi connectivity index (χ1v) is 20.3. The largest absolute Gasteiger partial charge is 0.361 e. The van der Waals surface area contributed by atoms with Gasteiger partial charge in [0, 0.05) is 43.6 Å². The van der Waals surface area contributed by atoms with Gasteiger partial charge in [0.05, 0.1) is 8.12 Å². The van der Waals surface area contributed by atoms with Crippen molar-refractivity contribution in [1.29, 1.82) is 0 Å². The van der Waals surface area contributed by atoms with Crippen LogP contribution in [0, 0.1) is 0 Å². The summed E-state index contributed by atoms with van der Waals surface area (Å²) in [6, 6.07) is 27.0. The van der Waals surface area contributed by atoms with Crippen molar-refractivity contribution in [3.63, 3.8) is 0 Å². The summed E-state index contributed by atoms with van der Waals surface area (Å²) < 4.78 is 2.12. The molecule has 5 aromatic heterocycles. The third-order valence-electron chi connectivity index (χ3n) is 7.11. The van der Waals surface area contributed by atoms with Crippen LogP contribution in [0.5, 0.6) is 0 Å². The van der Waals surface area contributed by atoms with Crippen molar-refractivity contribution in [3.8, 4) is 0 Å². The molecule has 0 bridgehead atoms. The number of hydrogen-bond donors (Lipinski definition) is 1. The van der Waals surface area contributed by atoms with Gasteiger partial charge in [-0.2, -0.15) is 0 Å². The average molecular weight is 786 g/mol. The molecule has 48 heavy (non-hydrogen) atoms. The van der Waals surface area contributed by atoms with Crippen molar-refractivity contribution in [3.05, 3.63) is 131 Å². The fraction of sp³-hybridized carbons (Fsp3) is 0.390. The Morgan fingerprint density at radius 2 is 1.27 bits per heavy atom. The maximum Gasteiger partial charge on any atom is 0.0931 e. The second-order valence-electron chi connectivity index (χ2n) is 13.7. The van der Waals surface area contributed by atoms with E-state index in [4.69, 9.17) is 11.6 Å². The van der Waals surface area contributed by atoms with E-state index in [1.807, 2.05) is 53.1 Å². The number of pyridine rings is 1. The molecule has 7 heteroatoms. The monoisotopic (exact) mass is 784 g/mol. The van der Waals surface area contributed by atoms with Gasteiger partial charge in [-0.15, -0.1) is 34.0 Å². The number of nitrogens with one attached hydrogen (secondary N) is 1. The van der Waals surface area contributed by atoms with E-state index in [0.717, 1.165) is 10.0 Å². The second-order valence-corrected chi connectivity index (χ2v) is 18.9. The molecule has 0 fully saturated rings. The molecule has 260 valence electrons. The van der Waals surface area contributed by atoms with Crippen LogP contribution in [-0.4, -0.2) is 9.97 Å². The third-order valence-corrected chi connectivity index (χ3v) is 11.7. The van der Waals surface area contributed by atoms with E-state index in [1.54, 1.807) is 11.3 Å². The number of aromatic amines is 1. The summed E-state index contributed by atoms with van der Waals surface area (Å²) in [6.07, 6.45) is 3.94. The van der Waals surface area contributed by atoms with Gasteiger partial charge in [0.2, 0.25) is 0 Å². The van der Waals surface area contributed by atoms with Crippen LogP contribution in [0.2, 0.25) is 4.34 Å². The first-order chi connectivity index (χ1) is 22.6. The minimum Gasteiger partial charge on any atom is -0.361 e. The number of rotatable bonds is 4. The van der Waals surface area contributed by atoms with E-state index in [0.29, 0.717) is 23.7 Å². The molecule has 0 aliphatic heterocycles. The van der Waals surface area contributed by atoms with Gasteiger partial charge in [-0.3, -0.25) is 4.98 Å². The highest BCUT2D eigenvalue weighted by Crippen LogP contribution is 2.30. The van der Waals surface area contributed by atoms with Crippen molar-refractivity contribution >= 4 is 72.4 Å². The number of benzene rings is 1. The lowest BCUT2D eigenvalue weighted by atomic mass is 9.87. The van der Waals surface area contributed by atoms with E-state index in [9.17, 15) is 0 Å². The van der Waals surface area contributed by atoms with Crippen molar-refractivity contribution in [2.75, 3.05) is 0 Å². The number of fused-ring (bicyclic) bond motifs is 1. The maximum absolute atomic E-state index is 5.72. The van der Waals surface area contributed by atoms with E-state index in [2.05, 4.69) is 168 Å². The summed E-state index contributed by atoms with van der Waals surface area (Å²) in [5.41, 5.74) is 4.01. The Hall–Kier alpha value is -2.22. The van der Waals surface area contributed by atoms with Gasteiger partial charge in [-0.1, -0.05) is 118 Å². The lowest BCUT2D eigenvalue weighted by Gasteiger charge is -2.17.